The van der Waals surface area contributed by atoms with Crippen molar-refractivity contribution in [3.63, 3.8) is 0 Å². The molecule has 4 heteroatoms. The Labute approximate surface area is 60.8 Å². The van der Waals surface area contributed by atoms with Crippen LogP contribution < -0.4 is 5.32 Å². The zero-order chi connectivity index (χ0) is 8.15. The average molecular weight is 145 g/mol. The zero-order valence-electron chi connectivity index (χ0n) is 6.55. The Balaban J connectivity index is 3.71. The van der Waals surface area contributed by atoms with Crippen LogP contribution in [0.1, 0.15) is 13.3 Å². The van der Waals surface area contributed by atoms with E-state index in [0.717, 1.165) is 6.42 Å². The normalized spacial score (nSPS) is 13.2. The topological polar surface area (TPSA) is 52.2 Å². The molecule has 0 aromatic rings. The van der Waals surface area contributed by atoms with Crippen molar-refractivity contribution in [2.24, 2.45) is 0 Å². The highest BCUT2D eigenvalue weighted by molar-refractivity contribution is 5.64. The summed E-state index contributed by atoms with van der Waals surface area (Å²) in [6.07, 6.45) is -0.619. The SMILES string of the molecule is CCC(NC([O])=O)N(C)C. The maximum Gasteiger partial charge on any atom is 0.451 e. The second kappa shape index (κ2) is 4.11. The molecule has 0 aliphatic carbocycles. The molecule has 1 N–H and O–H groups in total. The average Bonchev–Trinajstić information content (AvgIpc) is 1.81. The Hall–Kier alpha value is -0.770. The second-order valence-electron chi connectivity index (χ2n) is 2.32. The third-order valence-electron chi connectivity index (χ3n) is 1.29. The van der Waals surface area contributed by atoms with Gasteiger partial charge in [-0.2, -0.15) is 0 Å². The Morgan fingerprint density at radius 3 is 2.20 bits per heavy atom. The van der Waals surface area contributed by atoms with E-state index < -0.39 is 6.09 Å². The minimum Gasteiger partial charge on any atom is -0.303 e. The van der Waals surface area contributed by atoms with E-state index in [1.165, 1.54) is 0 Å². The van der Waals surface area contributed by atoms with Crippen LogP contribution in [0.5, 0.6) is 0 Å². The molecule has 0 rings (SSSR count). The summed E-state index contributed by atoms with van der Waals surface area (Å²) in [5.74, 6) is 0. The van der Waals surface area contributed by atoms with Gasteiger partial charge in [-0.1, -0.05) is 6.92 Å². The highest BCUT2D eigenvalue weighted by Crippen LogP contribution is 1.92. The molecule has 4 nitrogen and oxygen atoms in total. The highest BCUT2D eigenvalue weighted by Gasteiger charge is 2.10. The van der Waals surface area contributed by atoms with Gasteiger partial charge in [0.15, 0.2) is 0 Å². The maximum atomic E-state index is 10.0. The first-order valence-electron chi connectivity index (χ1n) is 3.21. The van der Waals surface area contributed by atoms with Gasteiger partial charge in [-0.25, -0.2) is 9.90 Å². The van der Waals surface area contributed by atoms with Gasteiger partial charge in [-0.3, -0.25) is 4.90 Å². The summed E-state index contributed by atoms with van der Waals surface area (Å²) < 4.78 is 0. The minimum absolute atomic E-state index is 0.134. The fourth-order valence-electron chi connectivity index (χ4n) is 0.732. The Kier molecular flexibility index (Phi) is 3.79. The van der Waals surface area contributed by atoms with Gasteiger partial charge in [0.25, 0.3) is 0 Å². The number of carbonyl (C=O) groups excluding carboxylic acids is 1. The lowest BCUT2D eigenvalue weighted by Crippen LogP contribution is -2.43. The number of nitrogens with zero attached hydrogens (tertiary/aromatic N) is 1. The van der Waals surface area contributed by atoms with Gasteiger partial charge in [0.1, 0.15) is 0 Å². The Bertz CT molecular complexity index is 114. The van der Waals surface area contributed by atoms with E-state index in [2.05, 4.69) is 5.32 Å². The summed E-state index contributed by atoms with van der Waals surface area (Å²) in [7, 11) is 3.62. The van der Waals surface area contributed by atoms with E-state index in [9.17, 15) is 9.90 Å². The predicted molar refractivity (Wildman–Crippen MR) is 37.0 cm³/mol. The van der Waals surface area contributed by atoms with Gasteiger partial charge in [0, 0.05) is 0 Å². The van der Waals surface area contributed by atoms with E-state index in [0.29, 0.717) is 0 Å². The summed E-state index contributed by atoms with van der Waals surface area (Å²) in [5.41, 5.74) is 0. The van der Waals surface area contributed by atoms with Gasteiger partial charge in [0.2, 0.25) is 0 Å². The molecule has 10 heavy (non-hydrogen) atoms. The third kappa shape index (κ3) is 3.29. The monoisotopic (exact) mass is 145 g/mol. The van der Waals surface area contributed by atoms with Crippen molar-refractivity contribution in [2.75, 3.05) is 14.1 Å². The lowest BCUT2D eigenvalue weighted by molar-refractivity contribution is 0.145. The number of hydrogen-bond acceptors (Lipinski definition) is 2. The molecule has 0 fully saturated rings. The molecule has 0 aliphatic rings. The molecular weight excluding hydrogens is 132 g/mol. The number of carbonyl (C=O) groups is 1. The van der Waals surface area contributed by atoms with E-state index in [1.54, 1.807) is 4.90 Å². The van der Waals surface area contributed by atoms with Crippen LogP contribution in [0.4, 0.5) is 4.79 Å². The van der Waals surface area contributed by atoms with E-state index in [1.807, 2.05) is 21.0 Å². The first-order chi connectivity index (χ1) is 4.57. The van der Waals surface area contributed by atoms with Crippen molar-refractivity contribution < 1.29 is 9.90 Å². The number of hydrogen-bond donors (Lipinski definition) is 1. The molecule has 0 bridgehead atoms. The molecule has 0 saturated heterocycles. The van der Waals surface area contributed by atoms with Crippen LogP contribution in [0.15, 0.2) is 0 Å². The molecule has 0 spiro atoms. The van der Waals surface area contributed by atoms with E-state index in [4.69, 9.17) is 0 Å². The number of amides is 1. The number of rotatable bonds is 3. The molecule has 0 aliphatic heterocycles. The zero-order valence-corrected chi connectivity index (χ0v) is 6.55. The molecule has 1 radical (unpaired) electrons. The van der Waals surface area contributed by atoms with Crippen molar-refractivity contribution in [3.05, 3.63) is 0 Å². The van der Waals surface area contributed by atoms with Gasteiger partial charge in [-0.15, -0.1) is 0 Å². The highest BCUT2D eigenvalue weighted by atomic mass is 16.4. The quantitative estimate of drug-likeness (QED) is 0.585. The van der Waals surface area contributed by atoms with Crippen molar-refractivity contribution in [2.45, 2.75) is 19.5 Å². The second-order valence-corrected chi connectivity index (χ2v) is 2.32. The van der Waals surface area contributed by atoms with Crippen LogP contribution >= 0.6 is 0 Å². The predicted octanol–water partition coefficient (Wildman–Crippen LogP) is 0.424. The Morgan fingerprint density at radius 1 is 1.60 bits per heavy atom. The molecule has 0 heterocycles. The van der Waals surface area contributed by atoms with Crippen LogP contribution in [0, 0.1) is 0 Å². The van der Waals surface area contributed by atoms with Crippen LogP contribution in [0.3, 0.4) is 0 Å². The molecular formula is C6H13N2O2. The lowest BCUT2D eigenvalue weighted by Gasteiger charge is -2.21. The molecule has 0 aromatic carbocycles. The summed E-state index contributed by atoms with van der Waals surface area (Å²) in [5, 5.41) is 12.3. The first-order valence-corrected chi connectivity index (χ1v) is 3.21. The van der Waals surface area contributed by atoms with Gasteiger partial charge in [-0.05, 0) is 20.5 Å². The van der Waals surface area contributed by atoms with Crippen molar-refractivity contribution in [3.8, 4) is 0 Å². The summed E-state index contributed by atoms with van der Waals surface area (Å²) in [6.45, 7) is 1.90. The van der Waals surface area contributed by atoms with Crippen molar-refractivity contribution >= 4 is 6.09 Å². The standard InChI is InChI=1S/C6H13N2O2/c1-4-5(8(2)3)7-6(9)10/h5,7H,4H2,1-3H3. The first kappa shape index (κ1) is 9.23. The van der Waals surface area contributed by atoms with E-state index in [-0.39, 0.29) is 6.17 Å². The van der Waals surface area contributed by atoms with Crippen LogP contribution in [0.2, 0.25) is 0 Å². The third-order valence-corrected chi connectivity index (χ3v) is 1.29. The van der Waals surface area contributed by atoms with Gasteiger partial charge in [0.05, 0.1) is 6.17 Å². The maximum absolute atomic E-state index is 10.0. The number of nitrogens with one attached hydrogen (secondary N) is 1. The molecule has 1 amide bonds. The molecule has 0 saturated carbocycles. The van der Waals surface area contributed by atoms with Crippen LogP contribution in [-0.4, -0.2) is 31.3 Å². The molecule has 1 unspecified atom stereocenters. The fourth-order valence-corrected chi connectivity index (χ4v) is 0.732. The summed E-state index contributed by atoms with van der Waals surface area (Å²) in [6, 6.07) is 0. The van der Waals surface area contributed by atoms with Crippen LogP contribution in [-0.2, 0) is 5.11 Å². The molecule has 59 valence electrons. The molecule has 1 atom stereocenters. The van der Waals surface area contributed by atoms with E-state index >= 15 is 0 Å². The summed E-state index contributed by atoms with van der Waals surface area (Å²) in [4.78, 5) is 11.8. The van der Waals surface area contributed by atoms with Crippen molar-refractivity contribution in [1.82, 2.24) is 10.2 Å². The summed E-state index contributed by atoms with van der Waals surface area (Å²) >= 11 is 0. The van der Waals surface area contributed by atoms with Crippen molar-refractivity contribution in [1.29, 1.82) is 0 Å². The largest absolute Gasteiger partial charge is 0.451 e. The van der Waals surface area contributed by atoms with Gasteiger partial charge >= 0.3 is 6.09 Å². The van der Waals surface area contributed by atoms with Gasteiger partial charge < -0.3 is 5.32 Å². The molecule has 0 aromatic heterocycles. The smallest absolute Gasteiger partial charge is 0.303 e. The Morgan fingerprint density at radius 2 is 2.10 bits per heavy atom. The lowest BCUT2D eigenvalue weighted by atomic mass is 10.3. The minimum atomic E-state index is -1.22. The van der Waals surface area contributed by atoms with Crippen LogP contribution in [0.25, 0.3) is 0 Å². The fraction of sp³-hybridized carbons (Fsp3) is 0.833.